The number of carbonyl (C=O) groups is 1. The Bertz CT molecular complexity index is 623. The molecule has 0 saturated carbocycles. The highest BCUT2D eigenvalue weighted by atomic mass is 19.1. The van der Waals surface area contributed by atoms with Crippen molar-refractivity contribution in [1.82, 2.24) is 5.32 Å². The molecule has 1 amide bonds. The third kappa shape index (κ3) is 3.15. The van der Waals surface area contributed by atoms with Crippen molar-refractivity contribution in [1.29, 1.82) is 0 Å². The molecule has 0 saturated heterocycles. The van der Waals surface area contributed by atoms with Crippen LogP contribution in [0.25, 0.3) is 0 Å². The van der Waals surface area contributed by atoms with Crippen LogP contribution in [0.4, 0.5) is 10.1 Å². The van der Waals surface area contributed by atoms with Gasteiger partial charge in [0.05, 0.1) is 11.6 Å². The molecule has 0 bridgehead atoms. The first-order chi connectivity index (χ1) is 9.47. The van der Waals surface area contributed by atoms with E-state index >= 15 is 0 Å². The van der Waals surface area contributed by atoms with Gasteiger partial charge in [-0.2, -0.15) is 0 Å². The number of carbonyl (C=O) groups excluding carboxylic acids is 1. The van der Waals surface area contributed by atoms with E-state index in [0.717, 1.165) is 11.1 Å². The molecule has 3 N–H and O–H groups in total. The third-order valence-electron chi connectivity index (χ3n) is 3.15. The number of benzene rings is 2. The van der Waals surface area contributed by atoms with Gasteiger partial charge in [0.25, 0.3) is 5.91 Å². The zero-order valence-corrected chi connectivity index (χ0v) is 11.5. The quantitative estimate of drug-likeness (QED) is 0.843. The predicted octanol–water partition coefficient (Wildman–Crippen LogP) is 3.21. The molecule has 2 rings (SSSR count). The number of nitrogen functional groups attached to an aromatic ring is 1. The van der Waals surface area contributed by atoms with Gasteiger partial charge >= 0.3 is 0 Å². The van der Waals surface area contributed by atoms with Gasteiger partial charge in [0.2, 0.25) is 0 Å². The Balaban J connectivity index is 2.15. The summed E-state index contributed by atoms with van der Waals surface area (Å²) in [5.41, 5.74) is 8.11. The molecule has 3 nitrogen and oxygen atoms in total. The molecular weight excluding hydrogens is 255 g/mol. The average Bonchev–Trinajstić information content (AvgIpc) is 2.42. The summed E-state index contributed by atoms with van der Waals surface area (Å²) in [5.74, 6) is -0.937. The van der Waals surface area contributed by atoms with Crippen molar-refractivity contribution >= 4 is 11.6 Å². The second kappa shape index (κ2) is 5.74. The van der Waals surface area contributed by atoms with Gasteiger partial charge in [-0.05, 0) is 43.7 Å². The van der Waals surface area contributed by atoms with Gasteiger partial charge in [-0.1, -0.05) is 23.8 Å². The smallest absolute Gasteiger partial charge is 0.254 e. The number of aryl methyl sites for hydroxylation is 1. The average molecular weight is 272 g/mol. The molecule has 0 aliphatic rings. The minimum absolute atomic E-state index is 0.0623. The maximum atomic E-state index is 13.6. The highest BCUT2D eigenvalue weighted by Crippen LogP contribution is 2.16. The normalized spacial score (nSPS) is 11.9. The van der Waals surface area contributed by atoms with Crippen LogP contribution in [0.2, 0.25) is 0 Å². The van der Waals surface area contributed by atoms with Crippen LogP contribution in [0, 0.1) is 12.7 Å². The molecule has 20 heavy (non-hydrogen) atoms. The van der Waals surface area contributed by atoms with Crippen molar-refractivity contribution in [3.05, 3.63) is 65.0 Å². The molecule has 2 aromatic carbocycles. The molecule has 1 unspecified atom stereocenters. The lowest BCUT2D eigenvalue weighted by atomic mass is 10.1. The molecule has 0 radical (unpaired) electrons. The minimum Gasteiger partial charge on any atom is -0.399 e. The van der Waals surface area contributed by atoms with Gasteiger partial charge in [-0.25, -0.2) is 4.39 Å². The van der Waals surface area contributed by atoms with Crippen LogP contribution in [-0.2, 0) is 0 Å². The lowest BCUT2D eigenvalue weighted by Gasteiger charge is -2.15. The summed E-state index contributed by atoms with van der Waals surface area (Å²) in [7, 11) is 0. The van der Waals surface area contributed by atoms with Crippen molar-refractivity contribution < 1.29 is 9.18 Å². The Morgan fingerprint density at radius 3 is 2.50 bits per heavy atom. The monoisotopic (exact) mass is 272 g/mol. The summed E-state index contributed by atoms with van der Waals surface area (Å²) in [5, 5.41) is 2.78. The SMILES string of the molecule is Cc1ccc(F)c(C(=O)NC(C)c2ccc(N)cc2)c1. The first kappa shape index (κ1) is 14.1. The second-order valence-corrected chi connectivity index (χ2v) is 4.85. The maximum absolute atomic E-state index is 13.6. The Labute approximate surface area is 117 Å². The van der Waals surface area contributed by atoms with Crippen LogP contribution < -0.4 is 11.1 Å². The summed E-state index contributed by atoms with van der Waals surface area (Å²) in [4.78, 5) is 12.1. The zero-order valence-electron chi connectivity index (χ0n) is 11.5. The molecule has 2 aromatic rings. The fourth-order valence-corrected chi connectivity index (χ4v) is 1.96. The van der Waals surface area contributed by atoms with Crippen molar-refractivity contribution in [2.75, 3.05) is 5.73 Å². The number of amides is 1. The molecule has 4 heteroatoms. The lowest BCUT2D eigenvalue weighted by Crippen LogP contribution is -2.27. The zero-order chi connectivity index (χ0) is 14.7. The molecule has 0 spiro atoms. The van der Waals surface area contributed by atoms with Gasteiger partial charge in [0.15, 0.2) is 0 Å². The van der Waals surface area contributed by atoms with Crippen LogP contribution in [0.5, 0.6) is 0 Å². The van der Waals surface area contributed by atoms with Crippen LogP contribution in [0.3, 0.4) is 0 Å². The van der Waals surface area contributed by atoms with E-state index in [0.29, 0.717) is 5.69 Å². The molecule has 104 valence electrons. The van der Waals surface area contributed by atoms with E-state index in [9.17, 15) is 9.18 Å². The van der Waals surface area contributed by atoms with Crippen LogP contribution in [0.15, 0.2) is 42.5 Å². The first-order valence-corrected chi connectivity index (χ1v) is 6.40. The standard InChI is InChI=1S/C16H17FN2O/c1-10-3-8-15(17)14(9-10)16(20)19-11(2)12-4-6-13(18)7-5-12/h3-9,11H,18H2,1-2H3,(H,19,20). The van der Waals surface area contributed by atoms with E-state index in [1.165, 1.54) is 6.07 Å². The van der Waals surface area contributed by atoms with Crippen LogP contribution >= 0.6 is 0 Å². The largest absolute Gasteiger partial charge is 0.399 e. The van der Waals surface area contributed by atoms with Gasteiger partial charge in [0.1, 0.15) is 5.82 Å². The number of hydrogen-bond donors (Lipinski definition) is 2. The number of nitrogens with two attached hydrogens (primary N) is 1. The van der Waals surface area contributed by atoms with E-state index in [2.05, 4.69) is 5.32 Å². The van der Waals surface area contributed by atoms with E-state index in [1.807, 2.05) is 26.0 Å². The van der Waals surface area contributed by atoms with Crippen molar-refractivity contribution in [2.24, 2.45) is 0 Å². The minimum atomic E-state index is -0.516. The summed E-state index contributed by atoms with van der Waals surface area (Å²) in [6.45, 7) is 3.66. The second-order valence-electron chi connectivity index (χ2n) is 4.85. The van der Waals surface area contributed by atoms with Crippen molar-refractivity contribution in [2.45, 2.75) is 19.9 Å². The summed E-state index contributed by atoms with van der Waals surface area (Å²) >= 11 is 0. The number of halogens is 1. The Kier molecular flexibility index (Phi) is 4.03. The summed E-state index contributed by atoms with van der Waals surface area (Å²) in [6, 6.07) is 11.5. The Hall–Kier alpha value is -2.36. The summed E-state index contributed by atoms with van der Waals surface area (Å²) < 4.78 is 13.6. The van der Waals surface area contributed by atoms with Crippen molar-refractivity contribution in [3.63, 3.8) is 0 Å². The molecular formula is C16H17FN2O. The number of rotatable bonds is 3. The highest BCUT2D eigenvalue weighted by Gasteiger charge is 2.15. The number of anilines is 1. The highest BCUT2D eigenvalue weighted by molar-refractivity contribution is 5.94. The molecule has 1 atom stereocenters. The number of nitrogens with one attached hydrogen (secondary N) is 1. The fourth-order valence-electron chi connectivity index (χ4n) is 1.96. The van der Waals surface area contributed by atoms with Crippen molar-refractivity contribution in [3.8, 4) is 0 Å². The van der Waals surface area contributed by atoms with E-state index in [1.54, 1.807) is 24.3 Å². The Morgan fingerprint density at radius 1 is 1.20 bits per heavy atom. The predicted molar refractivity (Wildman–Crippen MR) is 77.9 cm³/mol. The topological polar surface area (TPSA) is 55.1 Å². The number of hydrogen-bond acceptors (Lipinski definition) is 2. The maximum Gasteiger partial charge on any atom is 0.254 e. The fraction of sp³-hybridized carbons (Fsp3) is 0.188. The molecule has 0 aliphatic carbocycles. The van der Waals surface area contributed by atoms with Gasteiger partial charge < -0.3 is 11.1 Å². The molecule has 0 heterocycles. The lowest BCUT2D eigenvalue weighted by molar-refractivity contribution is 0.0935. The molecule has 0 fully saturated rings. The first-order valence-electron chi connectivity index (χ1n) is 6.40. The molecule has 0 aromatic heterocycles. The van der Waals surface area contributed by atoms with Crippen LogP contribution in [0.1, 0.15) is 34.5 Å². The van der Waals surface area contributed by atoms with Gasteiger partial charge in [-0.15, -0.1) is 0 Å². The van der Waals surface area contributed by atoms with E-state index < -0.39 is 11.7 Å². The van der Waals surface area contributed by atoms with E-state index in [4.69, 9.17) is 5.73 Å². The van der Waals surface area contributed by atoms with Gasteiger partial charge in [-0.3, -0.25) is 4.79 Å². The molecule has 0 aliphatic heterocycles. The van der Waals surface area contributed by atoms with Gasteiger partial charge in [0, 0.05) is 5.69 Å². The Morgan fingerprint density at radius 2 is 1.85 bits per heavy atom. The third-order valence-corrected chi connectivity index (χ3v) is 3.15. The summed E-state index contributed by atoms with van der Waals surface area (Å²) in [6.07, 6.45) is 0. The van der Waals surface area contributed by atoms with E-state index in [-0.39, 0.29) is 11.6 Å². The van der Waals surface area contributed by atoms with Crippen LogP contribution in [-0.4, -0.2) is 5.91 Å².